The van der Waals surface area contributed by atoms with E-state index in [0.29, 0.717) is 41.4 Å². The van der Waals surface area contributed by atoms with E-state index >= 15 is 0 Å². The quantitative estimate of drug-likeness (QED) is 0.111. The highest BCUT2D eigenvalue weighted by atomic mass is 16.6. The van der Waals surface area contributed by atoms with E-state index in [1.54, 1.807) is 38.1 Å². The summed E-state index contributed by atoms with van der Waals surface area (Å²) in [6.07, 6.45) is 3.02. The van der Waals surface area contributed by atoms with Gasteiger partial charge in [0.15, 0.2) is 0 Å². The summed E-state index contributed by atoms with van der Waals surface area (Å²) in [5.74, 6) is -1.69. The van der Waals surface area contributed by atoms with Crippen molar-refractivity contribution in [2.75, 3.05) is 20.3 Å². The van der Waals surface area contributed by atoms with E-state index < -0.39 is 22.8 Å². The number of aromatic amines is 1. The summed E-state index contributed by atoms with van der Waals surface area (Å²) >= 11 is 0. The van der Waals surface area contributed by atoms with Crippen LogP contribution in [0.3, 0.4) is 0 Å². The molecule has 0 fully saturated rings. The Bertz CT molecular complexity index is 1650. The van der Waals surface area contributed by atoms with E-state index in [1.807, 2.05) is 12.1 Å². The van der Waals surface area contributed by atoms with Gasteiger partial charge < -0.3 is 19.5 Å². The molecule has 2 aromatic carbocycles. The van der Waals surface area contributed by atoms with Crippen molar-refractivity contribution >= 4 is 17.6 Å². The van der Waals surface area contributed by atoms with E-state index in [1.165, 1.54) is 25.3 Å². The van der Waals surface area contributed by atoms with Crippen LogP contribution in [0, 0.1) is 21.4 Å². The molecule has 228 valence electrons. The number of aromatic nitrogens is 2. The molecule has 0 radical (unpaired) electrons. The van der Waals surface area contributed by atoms with E-state index in [-0.39, 0.29) is 23.4 Å². The van der Waals surface area contributed by atoms with Crippen molar-refractivity contribution in [1.29, 1.82) is 5.26 Å². The number of nitro groups is 1. The molecule has 1 atom stereocenters. The number of unbranched alkanes of at least 4 members (excludes halogenated alkanes) is 3. The summed E-state index contributed by atoms with van der Waals surface area (Å²) in [6, 6.07) is 17.0. The maximum atomic E-state index is 13.3. The Labute approximate surface area is 254 Å². The second-order valence-electron chi connectivity index (χ2n) is 10.2. The molecule has 12 heteroatoms. The largest absolute Gasteiger partial charge is 0.477 e. The van der Waals surface area contributed by atoms with Crippen LogP contribution in [-0.4, -0.2) is 47.4 Å². The number of ether oxygens (including phenoxy) is 3. The van der Waals surface area contributed by atoms with Crippen LogP contribution in [0.15, 0.2) is 77.1 Å². The molecule has 4 rings (SSSR count). The average molecular weight is 600 g/mol. The van der Waals surface area contributed by atoms with Crippen LogP contribution < -0.4 is 10.1 Å². The third-order valence-electron chi connectivity index (χ3n) is 7.18. The van der Waals surface area contributed by atoms with Crippen LogP contribution in [0.4, 0.5) is 5.69 Å². The zero-order valence-electron chi connectivity index (χ0n) is 24.7. The lowest BCUT2D eigenvalue weighted by molar-refractivity contribution is -0.384. The second kappa shape index (κ2) is 14.6. The molecule has 0 saturated carbocycles. The average Bonchev–Trinajstić information content (AvgIpc) is 3.50. The van der Waals surface area contributed by atoms with Gasteiger partial charge in [0.05, 0.1) is 59.6 Å². The third-order valence-corrected chi connectivity index (χ3v) is 7.18. The van der Waals surface area contributed by atoms with Crippen molar-refractivity contribution in [1.82, 2.24) is 15.5 Å². The first-order chi connectivity index (χ1) is 21.2. The molecule has 1 unspecified atom stereocenters. The maximum absolute atomic E-state index is 13.3. The smallest absolute Gasteiger partial charge is 0.336 e. The van der Waals surface area contributed by atoms with Crippen LogP contribution in [-0.2, 0) is 19.1 Å². The summed E-state index contributed by atoms with van der Waals surface area (Å²) in [5, 5.41) is 30.7. The Hall–Kier alpha value is -5.44. The molecule has 1 aromatic heterocycles. The molecule has 2 N–H and O–H groups in total. The zero-order valence-corrected chi connectivity index (χ0v) is 24.7. The lowest BCUT2D eigenvalue weighted by Crippen LogP contribution is -2.32. The van der Waals surface area contributed by atoms with Crippen molar-refractivity contribution in [2.45, 2.75) is 45.4 Å². The highest BCUT2D eigenvalue weighted by Gasteiger charge is 2.38. The number of allylic oxidation sites excluding steroid dienone is 2. The van der Waals surface area contributed by atoms with Gasteiger partial charge in [0.1, 0.15) is 0 Å². The highest BCUT2D eigenvalue weighted by molar-refractivity contribution is 5.99. The Kier molecular flexibility index (Phi) is 10.5. The number of benzene rings is 2. The molecule has 0 aliphatic carbocycles. The number of hydrogen-bond donors (Lipinski definition) is 2. The number of methoxy groups -OCH3 is 1. The molecule has 0 bridgehead atoms. The lowest BCUT2D eigenvalue weighted by atomic mass is 9.80. The summed E-state index contributed by atoms with van der Waals surface area (Å²) in [4.78, 5) is 37.0. The van der Waals surface area contributed by atoms with Crippen LogP contribution >= 0.6 is 0 Å². The number of esters is 2. The molecule has 0 saturated heterocycles. The topological polar surface area (TPSA) is 169 Å². The Balaban J connectivity index is 1.28. The first-order valence-corrected chi connectivity index (χ1v) is 14.1. The predicted octanol–water partition coefficient (Wildman–Crippen LogP) is 5.45. The Morgan fingerprint density at radius 2 is 1.68 bits per heavy atom. The van der Waals surface area contributed by atoms with Crippen molar-refractivity contribution in [3.63, 3.8) is 0 Å². The van der Waals surface area contributed by atoms with Gasteiger partial charge in [-0.1, -0.05) is 24.3 Å². The summed E-state index contributed by atoms with van der Waals surface area (Å²) in [5.41, 5.74) is 3.79. The normalized spacial score (nSPS) is 14.5. The van der Waals surface area contributed by atoms with E-state index in [2.05, 4.69) is 21.6 Å². The van der Waals surface area contributed by atoms with E-state index in [4.69, 9.17) is 19.5 Å². The van der Waals surface area contributed by atoms with Crippen molar-refractivity contribution in [2.24, 2.45) is 0 Å². The molecule has 12 nitrogen and oxygen atoms in total. The fourth-order valence-corrected chi connectivity index (χ4v) is 5.05. The van der Waals surface area contributed by atoms with Gasteiger partial charge in [-0.05, 0) is 57.2 Å². The number of rotatable bonds is 13. The highest BCUT2D eigenvalue weighted by Crippen LogP contribution is 2.40. The number of nitriles is 1. The number of nitrogens with one attached hydrogen (secondary N) is 2. The number of nitro benzene ring substituents is 1. The van der Waals surface area contributed by atoms with Crippen LogP contribution in [0.2, 0.25) is 0 Å². The van der Waals surface area contributed by atoms with Gasteiger partial charge in [-0.2, -0.15) is 5.26 Å². The molecule has 1 aliphatic rings. The maximum Gasteiger partial charge on any atom is 0.336 e. The standard InChI is InChI=1S/C32H33N5O7/c1-20-28(31(38)42-3)30(24-12-9-13-25(17-24)37(40)41)29(21(2)34-20)32(39)44-15-7-5-4-6-14-43-27-18-26(35-36-27)23-11-8-10-22(16-23)19-33/h8-13,16-18,30,34H,4-7,14-15H2,1-3H3,(H,35,36). The Morgan fingerprint density at radius 1 is 0.977 bits per heavy atom. The minimum Gasteiger partial charge on any atom is -0.477 e. The van der Waals surface area contributed by atoms with E-state index in [9.17, 15) is 19.7 Å². The van der Waals surface area contributed by atoms with Gasteiger partial charge in [0, 0.05) is 35.2 Å². The number of nitrogens with zero attached hydrogens (tertiary/aromatic N) is 3. The van der Waals surface area contributed by atoms with Crippen molar-refractivity contribution in [3.05, 3.63) is 98.4 Å². The summed E-state index contributed by atoms with van der Waals surface area (Å²) in [7, 11) is 1.24. The number of H-pyrrole nitrogens is 1. The number of carbonyl (C=O) groups excluding carboxylic acids is 2. The van der Waals surface area contributed by atoms with Gasteiger partial charge in [-0.15, -0.1) is 5.10 Å². The summed E-state index contributed by atoms with van der Waals surface area (Å²) < 4.78 is 16.3. The van der Waals surface area contributed by atoms with Crippen LogP contribution in [0.1, 0.15) is 56.6 Å². The molecule has 44 heavy (non-hydrogen) atoms. The van der Waals surface area contributed by atoms with Gasteiger partial charge in [0.25, 0.3) is 5.69 Å². The minimum absolute atomic E-state index is 0.157. The number of non-ortho nitro benzene ring substituents is 1. The molecule has 0 amide bonds. The molecular weight excluding hydrogens is 566 g/mol. The summed E-state index contributed by atoms with van der Waals surface area (Å²) in [6.45, 7) is 4.02. The molecular formula is C32H33N5O7. The zero-order chi connectivity index (χ0) is 31.6. The molecule has 3 aromatic rings. The SMILES string of the molecule is COC(=O)C1=C(C)NC(C)=C(C(=O)OCCCCCCOc2cc(-c3cccc(C#N)c3)[nH]n2)C1c1cccc([N+](=O)[O-])c1. The molecule has 2 heterocycles. The Morgan fingerprint density at radius 3 is 2.39 bits per heavy atom. The number of hydrogen-bond acceptors (Lipinski definition) is 10. The first-order valence-electron chi connectivity index (χ1n) is 14.1. The van der Waals surface area contributed by atoms with Gasteiger partial charge >= 0.3 is 11.9 Å². The monoisotopic (exact) mass is 599 g/mol. The van der Waals surface area contributed by atoms with E-state index in [0.717, 1.165) is 30.5 Å². The predicted molar refractivity (Wildman–Crippen MR) is 160 cm³/mol. The van der Waals surface area contributed by atoms with Crippen LogP contribution in [0.5, 0.6) is 5.88 Å². The second-order valence-corrected chi connectivity index (χ2v) is 10.2. The lowest BCUT2D eigenvalue weighted by Gasteiger charge is -2.30. The minimum atomic E-state index is -0.897. The van der Waals surface area contributed by atoms with Crippen molar-refractivity contribution in [3.8, 4) is 23.2 Å². The molecule has 0 spiro atoms. The van der Waals surface area contributed by atoms with Gasteiger partial charge in [-0.3, -0.25) is 15.2 Å². The number of dihydropyridines is 1. The first kappa shape index (κ1) is 31.5. The number of carbonyl (C=O) groups is 2. The fraction of sp³-hybridized carbons (Fsp3) is 0.312. The van der Waals surface area contributed by atoms with Crippen LogP contribution in [0.25, 0.3) is 11.3 Å². The van der Waals surface area contributed by atoms with Gasteiger partial charge in [0.2, 0.25) is 5.88 Å². The third kappa shape index (κ3) is 7.49. The van der Waals surface area contributed by atoms with Gasteiger partial charge in [-0.25, -0.2) is 9.59 Å². The molecule has 1 aliphatic heterocycles. The fourth-order valence-electron chi connectivity index (χ4n) is 5.05. The van der Waals surface area contributed by atoms with Crippen molar-refractivity contribution < 1.29 is 28.7 Å².